The number of aryl methyl sites for hydroxylation is 1. The van der Waals surface area contributed by atoms with Crippen LogP contribution in [0, 0.1) is 18.8 Å². The summed E-state index contributed by atoms with van der Waals surface area (Å²) in [5.74, 6) is 5.50. The van der Waals surface area contributed by atoms with Crippen molar-refractivity contribution in [2.45, 2.75) is 32.6 Å². The number of nitrogens with one attached hydrogen (secondary N) is 1. The van der Waals surface area contributed by atoms with E-state index in [2.05, 4.69) is 17.2 Å². The lowest BCUT2D eigenvalue weighted by atomic mass is 10.1. The molecular formula is C17H22N2O2. The largest absolute Gasteiger partial charge is 0.384 e. The van der Waals surface area contributed by atoms with Crippen molar-refractivity contribution >= 4 is 11.7 Å². The summed E-state index contributed by atoms with van der Waals surface area (Å²) >= 11 is 0. The summed E-state index contributed by atoms with van der Waals surface area (Å²) in [5.41, 5.74) is 2.59. The molecule has 0 bridgehead atoms. The molecule has 4 heteroatoms. The molecule has 0 radical (unpaired) electrons. The first kappa shape index (κ1) is 15.4. The Bertz CT molecular complexity index is 550. The molecule has 1 aromatic rings. The Morgan fingerprint density at radius 1 is 1.24 bits per heavy atom. The Morgan fingerprint density at radius 2 is 1.95 bits per heavy atom. The smallest absolute Gasteiger partial charge is 0.321 e. The minimum absolute atomic E-state index is 0.0384. The van der Waals surface area contributed by atoms with E-state index in [0.29, 0.717) is 0 Å². The van der Waals surface area contributed by atoms with Gasteiger partial charge in [0.15, 0.2) is 0 Å². The van der Waals surface area contributed by atoms with Gasteiger partial charge in [-0.3, -0.25) is 0 Å². The molecule has 1 aliphatic rings. The maximum absolute atomic E-state index is 12.3. The number of hydrogen-bond acceptors (Lipinski definition) is 2. The molecule has 0 spiro atoms. The first-order chi connectivity index (χ1) is 10.2. The summed E-state index contributed by atoms with van der Waals surface area (Å²) < 4.78 is 0. The van der Waals surface area contributed by atoms with E-state index in [4.69, 9.17) is 5.11 Å². The molecule has 1 aromatic carbocycles. The zero-order chi connectivity index (χ0) is 15.1. The van der Waals surface area contributed by atoms with E-state index in [0.717, 1.165) is 42.7 Å². The van der Waals surface area contributed by atoms with Crippen LogP contribution in [0.5, 0.6) is 0 Å². The summed E-state index contributed by atoms with van der Waals surface area (Å²) in [6.07, 6.45) is 4.56. The molecular weight excluding hydrogens is 264 g/mol. The quantitative estimate of drug-likeness (QED) is 0.780. The van der Waals surface area contributed by atoms with E-state index in [-0.39, 0.29) is 12.6 Å². The second-order valence-corrected chi connectivity index (χ2v) is 5.38. The molecule has 0 atom stereocenters. The van der Waals surface area contributed by atoms with Crippen LogP contribution in [0.4, 0.5) is 10.5 Å². The third-order valence-electron chi connectivity index (χ3n) is 3.53. The van der Waals surface area contributed by atoms with Crippen molar-refractivity contribution in [3.05, 3.63) is 29.3 Å². The molecule has 1 heterocycles. The second kappa shape index (κ2) is 7.70. The molecule has 2 N–H and O–H groups in total. The Kier molecular flexibility index (Phi) is 5.65. The van der Waals surface area contributed by atoms with Gasteiger partial charge >= 0.3 is 6.03 Å². The number of anilines is 1. The number of urea groups is 1. The lowest BCUT2D eigenvalue weighted by Crippen LogP contribution is -2.35. The number of carbonyl (C=O) groups is 1. The van der Waals surface area contributed by atoms with Crippen LogP contribution < -0.4 is 5.32 Å². The zero-order valence-corrected chi connectivity index (χ0v) is 12.5. The van der Waals surface area contributed by atoms with Crippen LogP contribution in [0.1, 0.15) is 36.8 Å². The second-order valence-electron chi connectivity index (χ2n) is 5.38. The summed E-state index contributed by atoms with van der Waals surface area (Å²) in [5, 5.41) is 11.7. The summed E-state index contributed by atoms with van der Waals surface area (Å²) in [7, 11) is 0. The summed E-state index contributed by atoms with van der Waals surface area (Å²) in [4.78, 5) is 14.2. The van der Waals surface area contributed by atoms with E-state index >= 15 is 0 Å². The van der Waals surface area contributed by atoms with Crippen molar-refractivity contribution in [3.8, 4) is 11.8 Å². The van der Waals surface area contributed by atoms with Gasteiger partial charge in [-0.2, -0.15) is 0 Å². The standard InChI is InChI=1S/C17H22N2O2/c1-14-11-15(7-6-10-20)13-16(12-14)18-17(21)19-8-4-2-3-5-9-19/h11-13,20H,2-5,8-10H2,1H3,(H,18,21). The minimum Gasteiger partial charge on any atom is -0.384 e. The maximum Gasteiger partial charge on any atom is 0.321 e. The van der Waals surface area contributed by atoms with Crippen molar-refractivity contribution in [1.29, 1.82) is 0 Å². The number of amides is 2. The highest BCUT2D eigenvalue weighted by atomic mass is 16.2. The maximum atomic E-state index is 12.3. The van der Waals surface area contributed by atoms with E-state index in [1.807, 2.05) is 30.0 Å². The number of likely N-dealkylation sites (tertiary alicyclic amines) is 1. The average molecular weight is 286 g/mol. The van der Waals surface area contributed by atoms with Crippen molar-refractivity contribution in [2.75, 3.05) is 25.0 Å². The molecule has 0 unspecified atom stereocenters. The van der Waals surface area contributed by atoms with Crippen LogP contribution in [-0.4, -0.2) is 35.7 Å². The fourth-order valence-corrected chi connectivity index (χ4v) is 2.55. The highest BCUT2D eigenvalue weighted by molar-refractivity contribution is 5.89. The number of carbonyl (C=O) groups excluding carboxylic acids is 1. The molecule has 2 amide bonds. The van der Waals surface area contributed by atoms with Crippen LogP contribution in [-0.2, 0) is 0 Å². The van der Waals surface area contributed by atoms with Gasteiger partial charge in [0.2, 0.25) is 0 Å². The van der Waals surface area contributed by atoms with E-state index in [1.165, 1.54) is 12.8 Å². The molecule has 2 rings (SSSR count). The fourth-order valence-electron chi connectivity index (χ4n) is 2.55. The zero-order valence-electron chi connectivity index (χ0n) is 12.5. The number of aliphatic hydroxyl groups is 1. The highest BCUT2D eigenvalue weighted by Crippen LogP contribution is 2.16. The average Bonchev–Trinajstić information content (AvgIpc) is 2.73. The minimum atomic E-state index is -0.163. The lowest BCUT2D eigenvalue weighted by molar-refractivity contribution is 0.214. The Balaban J connectivity index is 2.07. The van der Waals surface area contributed by atoms with Gasteiger partial charge in [0.25, 0.3) is 0 Å². The SMILES string of the molecule is Cc1cc(C#CCO)cc(NC(=O)N2CCCCCC2)c1. The van der Waals surface area contributed by atoms with E-state index < -0.39 is 0 Å². The Hall–Kier alpha value is -1.99. The topological polar surface area (TPSA) is 52.6 Å². The lowest BCUT2D eigenvalue weighted by Gasteiger charge is -2.21. The predicted molar refractivity (Wildman–Crippen MR) is 84.2 cm³/mol. The van der Waals surface area contributed by atoms with Crippen molar-refractivity contribution in [1.82, 2.24) is 4.90 Å². The van der Waals surface area contributed by atoms with Gasteiger partial charge in [0.05, 0.1) is 0 Å². The van der Waals surface area contributed by atoms with Gasteiger partial charge in [0, 0.05) is 24.3 Å². The number of benzene rings is 1. The molecule has 0 aromatic heterocycles. The van der Waals surface area contributed by atoms with Crippen LogP contribution in [0.3, 0.4) is 0 Å². The van der Waals surface area contributed by atoms with Gasteiger partial charge in [-0.25, -0.2) is 4.79 Å². The fraction of sp³-hybridized carbons (Fsp3) is 0.471. The van der Waals surface area contributed by atoms with Crippen molar-refractivity contribution < 1.29 is 9.90 Å². The molecule has 21 heavy (non-hydrogen) atoms. The van der Waals surface area contributed by atoms with Crippen LogP contribution in [0.2, 0.25) is 0 Å². The monoisotopic (exact) mass is 286 g/mol. The van der Waals surface area contributed by atoms with E-state index in [9.17, 15) is 4.79 Å². The normalized spacial score (nSPS) is 14.9. The Labute approximate surface area is 126 Å². The number of rotatable bonds is 1. The molecule has 112 valence electrons. The van der Waals surface area contributed by atoms with Gasteiger partial charge in [-0.1, -0.05) is 24.7 Å². The molecule has 4 nitrogen and oxygen atoms in total. The highest BCUT2D eigenvalue weighted by Gasteiger charge is 2.15. The van der Waals surface area contributed by atoms with Crippen molar-refractivity contribution in [2.24, 2.45) is 0 Å². The third-order valence-corrected chi connectivity index (χ3v) is 3.53. The number of hydrogen-bond donors (Lipinski definition) is 2. The summed E-state index contributed by atoms with van der Waals surface area (Å²) in [6.45, 7) is 3.46. The molecule has 1 aliphatic heterocycles. The first-order valence-corrected chi connectivity index (χ1v) is 7.46. The molecule has 1 saturated heterocycles. The van der Waals surface area contributed by atoms with Crippen LogP contribution >= 0.6 is 0 Å². The van der Waals surface area contributed by atoms with Gasteiger partial charge in [-0.05, 0) is 43.5 Å². The van der Waals surface area contributed by atoms with Crippen LogP contribution in [0.25, 0.3) is 0 Å². The number of nitrogens with zero attached hydrogens (tertiary/aromatic N) is 1. The third kappa shape index (κ3) is 4.80. The van der Waals surface area contributed by atoms with Gasteiger partial charge in [0.1, 0.15) is 6.61 Å². The first-order valence-electron chi connectivity index (χ1n) is 7.46. The van der Waals surface area contributed by atoms with Crippen LogP contribution in [0.15, 0.2) is 18.2 Å². The van der Waals surface area contributed by atoms with Gasteiger partial charge < -0.3 is 15.3 Å². The molecule has 0 saturated carbocycles. The van der Waals surface area contributed by atoms with Crippen molar-refractivity contribution in [3.63, 3.8) is 0 Å². The predicted octanol–water partition coefficient (Wildman–Crippen LogP) is 2.75. The van der Waals surface area contributed by atoms with Gasteiger partial charge in [-0.15, -0.1) is 0 Å². The molecule has 1 fully saturated rings. The Morgan fingerprint density at radius 3 is 2.62 bits per heavy atom. The molecule has 0 aliphatic carbocycles. The summed E-state index contributed by atoms with van der Waals surface area (Å²) in [6, 6.07) is 5.67. The number of aliphatic hydroxyl groups excluding tert-OH is 1. The van der Waals surface area contributed by atoms with E-state index in [1.54, 1.807) is 0 Å².